The van der Waals surface area contributed by atoms with Gasteiger partial charge in [0, 0.05) is 19.3 Å². The lowest BCUT2D eigenvalue weighted by molar-refractivity contribution is -0.167. The van der Waals surface area contributed by atoms with Crippen molar-refractivity contribution in [3.8, 4) is 0 Å². The summed E-state index contributed by atoms with van der Waals surface area (Å²) in [4.78, 5) is 38.2. The largest absolute Gasteiger partial charge is 0.462 e. The second-order valence-corrected chi connectivity index (χ2v) is 22.4. The number of rotatable bonds is 61. The van der Waals surface area contributed by atoms with Crippen LogP contribution in [0.2, 0.25) is 0 Å². The van der Waals surface area contributed by atoms with Crippen LogP contribution in [0.1, 0.15) is 335 Å². The van der Waals surface area contributed by atoms with Crippen molar-refractivity contribution in [2.24, 2.45) is 0 Å². The molecule has 0 N–H and O–H groups in total. The summed E-state index contributed by atoms with van der Waals surface area (Å²) in [6.07, 6.45) is 87.5. The van der Waals surface area contributed by atoms with Crippen LogP contribution >= 0.6 is 0 Å². The molecule has 0 aliphatic carbocycles. The van der Waals surface area contributed by atoms with Gasteiger partial charge in [-0.25, -0.2) is 0 Å². The molecule has 0 aliphatic heterocycles. The van der Waals surface area contributed by atoms with Crippen molar-refractivity contribution in [3.05, 3.63) is 85.1 Å². The van der Waals surface area contributed by atoms with Crippen molar-refractivity contribution in [1.29, 1.82) is 0 Å². The number of ether oxygens (including phenoxy) is 3. The van der Waals surface area contributed by atoms with Crippen molar-refractivity contribution in [1.82, 2.24) is 0 Å². The molecule has 450 valence electrons. The lowest BCUT2D eigenvalue weighted by atomic mass is 10.0. The Bertz CT molecular complexity index is 1480. The zero-order chi connectivity index (χ0) is 56.4. The summed E-state index contributed by atoms with van der Waals surface area (Å²) in [6, 6.07) is 0. The number of hydrogen-bond acceptors (Lipinski definition) is 6. The van der Waals surface area contributed by atoms with Crippen molar-refractivity contribution >= 4 is 17.9 Å². The van der Waals surface area contributed by atoms with Crippen molar-refractivity contribution in [3.63, 3.8) is 0 Å². The standard InChI is InChI=1S/C72H126O6/c1-4-7-10-13-16-19-22-24-26-28-29-30-31-32-33-34-35-36-37-38-39-40-41-42-43-45-46-48-50-53-56-59-62-65-71(74)77-68-69(67-76-70(73)64-61-58-55-52-21-18-15-12-9-6-3)78-72(75)66-63-60-57-54-51-49-47-44-27-25-23-20-17-14-11-8-5-2/h7,10,16,19,24,26,29-30,32-33,35-36,38-39,69H,4-6,8-9,11-15,17-18,20-23,25,27-28,31,34,37,40-68H2,1-3H3/b10-7-,19-16-,26-24-,30-29-,33-32-,36-35-,39-38-. The van der Waals surface area contributed by atoms with Gasteiger partial charge in [-0.3, -0.25) is 14.4 Å². The summed E-state index contributed by atoms with van der Waals surface area (Å²) in [6.45, 7) is 6.55. The van der Waals surface area contributed by atoms with Gasteiger partial charge in [-0.1, -0.05) is 324 Å². The number of carbonyl (C=O) groups excluding carboxylic acids is 3. The third kappa shape index (κ3) is 63.4. The topological polar surface area (TPSA) is 78.9 Å². The Morgan fingerprint density at radius 3 is 0.782 bits per heavy atom. The first kappa shape index (κ1) is 74.6. The van der Waals surface area contributed by atoms with Gasteiger partial charge >= 0.3 is 17.9 Å². The first-order chi connectivity index (χ1) is 38.5. The smallest absolute Gasteiger partial charge is 0.306 e. The van der Waals surface area contributed by atoms with Crippen LogP contribution < -0.4 is 0 Å². The molecule has 0 aliphatic rings. The highest BCUT2D eigenvalue weighted by Gasteiger charge is 2.19. The van der Waals surface area contributed by atoms with E-state index in [2.05, 4.69) is 106 Å². The minimum atomic E-state index is -0.773. The lowest BCUT2D eigenvalue weighted by Crippen LogP contribution is -2.30. The Kier molecular flexibility index (Phi) is 63.2. The number of unbranched alkanes of at least 4 members (excludes halogenated alkanes) is 36. The van der Waals surface area contributed by atoms with E-state index in [9.17, 15) is 14.4 Å². The van der Waals surface area contributed by atoms with Gasteiger partial charge in [0.2, 0.25) is 0 Å². The van der Waals surface area contributed by atoms with Gasteiger partial charge in [0.25, 0.3) is 0 Å². The SMILES string of the molecule is CC/C=C\C/C=C\C/C=C\C/C=C\C/C=C\C/C=C\C/C=C\CCCCCCCCCCCCCC(=O)OCC(COC(=O)CCCCCCCCCCCC)OC(=O)CCCCCCCCCCCCCCCCCCC. The third-order valence-corrected chi connectivity index (χ3v) is 14.7. The molecule has 0 saturated heterocycles. The van der Waals surface area contributed by atoms with E-state index in [0.717, 1.165) is 103 Å². The Labute approximate surface area is 484 Å². The molecule has 6 nitrogen and oxygen atoms in total. The molecule has 0 saturated carbocycles. The molecule has 0 aromatic rings. The fourth-order valence-corrected chi connectivity index (χ4v) is 9.66. The van der Waals surface area contributed by atoms with Gasteiger partial charge < -0.3 is 14.2 Å². The van der Waals surface area contributed by atoms with Gasteiger partial charge in [0.05, 0.1) is 0 Å². The molecule has 0 aromatic carbocycles. The fourth-order valence-electron chi connectivity index (χ4n) is 9.66. The van der Waals surface area contributed by atoms with Gasteiger partial charge in [0.15, 0.2) is 6.10 Å². The highest BCUT2D eigenvalue weighted by atomic mass is 16.6. The van der Waals surface area contributed by atoms with Crippen LogP contribution in [0.15, 0.2) is 85.1 Å². The molecule has 0 spiro atoms. The Morgan fingerprint density at radius 1 is 0.269 bits per heavy atom. The maximum Gasteiger partial charge on any atom is 0.306 e. The molecule has 0 heterocycles. The molecule has 1 unspecified atom stereocenters. The van der Waals surface area contributed by atoms with Crippen molar-refractivity contribution < 1.29 is 28.6 Å². The van der Waals surface area contributed by atoms with Gasteiger partial charge in [-0.15, -0.1) is 0 Å². The van der Waals surface area contributed by atoms with E-state index < -0.39 is 6.10 Å². The predicted octanol–water partition coefficient (Wildman–Crippen LogP) is 23.1. The number of allylic oxidation sites excluding steroid dienone is 14. The molecule has 0 rings (SSSR count). The lowest BCUT2D eigenvalue weighted by Gasteiger charge is -2.18. The molecule has 78 heavy (non-hydrogen) atoms. The number of hydrogen-bond donors (Lipinski definition) is 0. The zero-order valence-corrected chi connectivity index (χ0v) is 51.7. The molecule has 0 bridgehead atoms. The molecule has 6 heteroatoms. The van der Waals surface area contributed by atoms with E-state index in [-0.39, 0.29) is 31.1 Å². The number of esters is 3. The average Bonchev–Trinajstić information content (AvgIpc) is 3.44. The van der Waals surface area contributed by atoms with Crippen molar-refractivity contribution in [2.75, 3.05) is 13.2 Å². The maximum absolute atomic E-state index is 12.9. The van der Waals surface area contributed by atoms with Crippen LogP contribution in [0.3, 0.4) is 0 Å². The second-order valence-electron chi connectivity index (χ2n) is 22.4. The second kappa shape index (κ2) is 66.1. The van der Waals surface area contributed by atoms with Crippen molar-refractivity contribution in [2.45, 2.75) is 341 Å². The predicted molar refractivity (Wildman–Crippen MR) is 339 cm³/mol. The highest BCUT2D eigenvalue weighted by Crippen LogP contribution is 2.17. The molecule has 0 radical (unpaired) electrons. The van der Waals surface area contributed by atoms with E-state index in [1.54, 1.807) is 0 Å². The van der Waals surface area contributed by atoms with E-state index >= 15 is 0 Å². The Hall–Kier alpha value is -3.41. The summed E-state index contributed by atoms with van der Waals surface area (Å²) in [5.74, 6) is -0.858. The molecule has 0 fully saturated rings. The monoisotopic (exact) mass is 1090 g/mol. The zero-order valence-electron chi connectivity index (χ0n) is 51.7. The van der Waals surface area contributed by atoms with Crippen LogP contribution in [0.4, 0.5) is 0 Å². The van der Waals surface area contributed by atoms with Crippen LogP contribution in [-0.4, -0.2) is 37.2 Å². The minimum absolute atomic E-state index is 0.0711. The first-order valence-corrected chi connectivity index (χ1v) is 33.6. The quantitative estimate of drug-likeness (QED) is 0.0261. The van der Waals surface area contributed by atoms with E-state index in [4.69, 9.17) is 14.2 Å². The molecular weight excluding hydrogens is 961 g/mol. The average molecular weight is 1090 g/mol. The van der Waals surface area contributed by atoms with Crippen LogP contribution in [0.25, 0.3) is 0 Å². The first-order valence-electron chi connectivity index (χ1n) is 33.6. The molecule has 1 atom stereocenters. The molecule has 0 aromatic heterocycles. The summed E-state index contributed by atoms with van der Waals surface area (Å²) in [7, 11) is 0. The van der Waals surface area contributed by atoms with E-state index in [1.165, 1.54) is 193 Å². The highest BCUT2D eigenvalue weighted by molar-refractivity contribution is 5.71. The summed E-state index contributed by atoms with van der Waals surface area (Å²) >= 11 is 0. The summed E-state index contributed by atoms with van der Waals surface area (Å²) in [5.41, 5.74) is 0. The Morgan fingerprint density at radius 2 is 0.500 bits per heavy atom. The van der Waals surface area contributed by atoms with Gasteiger partial charge in [-0.2, -0.15) is 0 Å². The number of carbonyl (C=O) groups is 3. The van der Waals surface area contributed by atoms with Gasteiger partial charge in [0.1, 0.15) is 13.2 Å². The normalized spacial score (nSPS) is 12.6. The summed E-state index contributed by atoms with van der Waals surface area (Å²) < 4.78 is 16.9. The fraction of sp³-hybridized carbons (Fsp3) is 0.764. The van der Waals surface area contributed by atoms with E-state index in [0.29, 0.717) is 19.3 Å². The molecular formula is C72H126O6. The molecule has 0 amide bonds. The maximum atomic E-state index is 12.9. The van der Waals surface area contributed by atoms with Crippen LogP contribution in [0.5, 0.6) is 0 Å². The summed E-state index contributed by atoms with van der Waals surface area (Å²) in [5, 5.41) is 0. The minimum Gasteiger partial charge on any atom is -0.462 e. The van der Waals surface area contributed by atoms with Crippen LogP contribution in [-0.2, 0) is 28.6 Å². The Balaban J connectivity index is 4.15. The van der Waals surface area contributed by atoms with E-state index in [1.807, 2.05) is 0 Å². The third-order valence-electron chi connectivity index (χ3n) is 14.7. The van der Waals surface area contributed by atoms with Gasteiger partial charge in [-0.05, 0) is 77.0 Å². The van der Waals surface area contributed by atoms with Crippen LogP contribution in [0, 0.1) is 0 Å².